The van der Waals surface area contributed by atoms with Crippen LogP contribution in [0.3, 0.4) is 0 Å². The van der Waals surface area contributed by atoms with Crippen LogP contribution in [0.15, 0.2) is 47.4 Å². The standard InChI is InChI=1S/C23H27ClN2O3S/c1-16-6-2-5-9-21(16)25-23(27)18-10-11-20(24)22(14-18)30(28,29)26-13-12-17-7-3-4-8-19(17)15-26/h3-4,7-8,10-11,14,16,21H,2,5-6,9,12-13,15H2,1H3,(H,25,27)/t16-,21-/m0/s1. The van der Waals surface area contributed by atoms with E-state index in [1.807, 2.05) is 24.3 Å². The van der Waals surface area contributed by atoms with E-state index in [9.17, 15) is 13.2 Å². The molecule has 2 aromatic rings. The van der Waals surface area contributed by atoms with Crippen LogP contribution in [0.25, 0.3) is 0 Å². The van der Waals surface area contributed by atoms with E-state index in [-0.39, 0.29) is 21.9 Å². The number of hydrogen-bond donors (Lipinski definition) is 1. The van der Waals surface area contributed by atoms with Crippen molar-refractivity contribution in [1.82, 2.24) is 9.62 Å². The summed E-state index contributed by atoms with van der Waals surface area (Å²) in [5.41, 5.74) is 2.50. The molecule has 1 amide bonds. The number of halogens is 1. The van der Waals surface area contributed by atoms with Crippen LogP contribution < -0.4 is 5.32 Å². The van der Waals surface area contributed by atoms with Crippen LogP contribution in [0.5, 0.6) is 0 Å². The van der Waals surface area contributed by atoms with Crippen molar-refractivity contribution in [1.29, 1.82) is 0 Å². The van der Waals surface area contributed by atoms with Crippen LogP contribution in [0, 0.1) is 5.92 Å². The lowest BCUT2D eigenvalue weighted by atomic mass is 9.86. The van der Waals surface area contributed by atoms with Gasteiger partial charge in [-0.2, -0.15) is 4.31 Å². The van der Waals surface area contributed by atoms with E-state index in [0.29, 0.717) is 31.0 Å². The van der Waals surface area contributed by atoms with E-state index < -0.39 is 10.0 Å². The number of benzene rings is 2. The van der Waals surface area contributed by atoms with Gasteiger partial charge in [0.2, 0.25) is 10.0 Å². The van der Waals surface area contributed by atoms with Gasteiger partial charge in [0.05, 0.1) is 5.02 Å². The molecule has 7 heteroatoms. The second-order valence-electron chi connectivity index (χ2n) is 8.34. The summed E-state index contributed by atoms with van der Waals surface area (Å²) in [7, 11) is -3.81. The molecular weight excluding hydrogens is 420 g/mol. The minimum atomic E-state index is -3.81. The third-order valence-corrected chi connectivity index (χ3v) is 8.66. The topological polar surface area (TPSA) is 66.5 Å². The summed E-state index contributed by atoms with van der Waals surface area (Å²) in [6, 6.07) is 12.5. The van der Waals surface area contributed by atoms with Crippen molar-refractivity contribution in [2.24, 2.45) is 5.92 Å². The first-order valence-corrected chi connectivity index (χ1v) is 12.4. The molecular formula is C23H27ClN2O3S. The SMILES string of the molecule is C[C@H]1CCCC[C@@H]1NC(=O)c1ccc(Cl)c(S(=O)(=O)N2CCc3ccccc3C2)c1. The van der Waals surface area contributed by atoms with Gasteiger partial charge in [-0.15, -0.1) is 0 Å². The molecule has 2 aliphatic rings. The van der Waals surface area contributed by atoms with Gasteiger partial charge in [-0.25, -0.2) is 8.42 Å². The number of nitrogens with one attached hydrogen (secondary N) is 1. The highest BCUT2D eigenvalue weighted by Gasteiger charge is 2.31. The minimum Gasteiger partial charge on any atom is -0.349 e. The normalized spacial score (nSPS) is 22.3. The van der Waals surface area contributed by atoms with Gasteiger partial charge in [0, 0.05) is 24.7 Å². The summed E-state index contributed by atoms with van der Waals surface area (Å²) in [4.78, 5) is 12.8. The minimum absolute atomic E-state index is 0.00658. The predicted octanol–water partition coefficient (Wildman–Crippen LogP) is 4.40. The molecule has 30 heavy (non-hydrogen) atoms. The molecule has 0 aromatic heterocycles. The molecule has 0 saturated heterocycles. The van der Waals surface area contributed by atoms with E-state index in [0.717, 1.165) is 24.8 Å². The van der Waals surface area contributed by atoms with Crippen LogP contribution in [-0.2, 0) is 23.0 Å². The Morgan fingerprint density at radius 3 is 2.60 bits per heavy atom. The van der Waals surface area contributed by atoms with Crippen molar-refractivity contribution in [3.63, 3.8) is 0 Å². The van der Waals surface area contributed by atoms with Gasteiger partial charge in [0.1, 0.15) is 4.90 Å². The van der Waals surface area contributed by atoms with E-state index in [4.69, 9.17) is 11.6 Å². The lowest BCUT2D eigenvalue weighted by molar-refractivity contribution is 0.0910. The Balaban J connectivity index is 1.57. The Morgan fingerprint density at radius 1 is 1.10 bits per heavy atom. The van der Waals surface area contributed by atoms with Crippen molar-refractivity contribution in [2.75, 3.05) is 6.54 Å². The summed E-state index contributed by atoms with van der Waals surface area (Å²) in [5.74, 6) is 0.178. The Morgan fingerprint density at radius 2 is 1.83 bits per heavy atom. The number of sulfonamides is 1. The molecule has 0 radical (unpaired) electrons. The van der Waals surface area contributed by atoms with Crippen LogP contribution in [0.4, 0.5) is 0 Å². The molecule has 0 spiro atoms. The van der Waals surface area contributed by atoms with Crippen molar-refractivity contribution >= 4 is 27.5 Å². The summed E-state index contributed by atoms with van der Waals surface area (Å²) >= 11 is 6.28. The van der Waals surface area contributed by atoms with E-state index in [1.54, 1.807) is 6.07 Å². The summed E-state index contributed by atoms with van der Waals surface area (Å²) in [6.07, 6.45) is 5.01. The lowest BCUT2D eigenvalue weighted by Crippen LogP contribution is -2.41. The second kappa shape index (κ2) is 8.69. The zero-order valence-electron chi connectivity index (χ0n) is 17.1. The van der Waals surface area contributed by atoms with Crippen LogP contribution in [0.1, 0.15) is 54.1 Å². The van der Waals surface area contributed by atoms with Gasteiger partial charge < -0.3 is 5.32 Å². The van der Waals surface area contributed by atoms with Crippen molar-refractivity contribution in [3.8, 4) is 0 Å². The molecule has 1 aliphatic carbocycles. The van der Waals surface area contributed by atoms with Gasteiger partial charge in [-0.1, -0.05) is 55.6 Å². The zero-order chi connectivity index (χ0) is 21.3. The molecule has 1 heterocycles. The van der Waals surface area contributed by atoms with Crippen LogP contribution in [0.2, 0.25) is 5.02 Å². The maximum absolute atomic E-state index is 13.3. The third kappa shape index (κ3) is 4.27. The zero-order valence-corrected chi connectivity index (χ0v) is 18.7. The van der Waals surface area contributed by atoms with Gasteiger partial charge in [-0.3, -0.25) is 4.79 Å². The molecule has 0 bridgehead atoms. The molecule has 2 atom stereocenters. The number of nitrogens with zero attached hydrogens (tertiary/aromatic N) is 1. The first-order chi connectivity index (χ1) is 14.4. The molecule has 1 N–H and O–H groups in total. The Labute approximate surface area is 183 Å². The van der Waals surface area contributed by atoms with E-state index in [2.05, 4.69) is 12.2 Å². The highest BCUT2D eigenvalue weighted by atomic mass is 35.5. The third-order valence-electron chi connectivity index (χ3n) is 6.33. The highest BCUT2D eigenvalue weighted by molar-refractivity contribution is 7.89. The van der Waals surface area contributed by atoms with Crippen LogP contribution >= 0.6 is 11.6 Å². The largest absolute Gasteiger partial charge is 0.349 e. The monoisotopic (exact) mass is 446 g/mol. The fourth-order valence-electron chi connectivity index (χ4n) is 4.44. The lowest BCUT2D eigenvalue weighted by Gasteiger charge is -2.30. The molecule has 2 aromatic carbocycles. The van der Waals surface area contributed by atoms with Gasteiger partial charge in [0.15, 0.2) is 0 Å². The molecule has 4 rings (SSSR count). The predicted molar refractivity (Wildman–Crippen MR) is 118 cm³/mol. The quantitative estimate of drug-likeness (QED) is 0.757. The Hall–Kier alpha value is -1.89. The van der Waals surface area contributed by atoms with Crippen molar-refractivity contribution in [2.45, 2.75) is 56.5 Å². The first kappa shape index (κ1) is 21.3. The van der Waals surface area contributed by atoms with Gasteiger partial charge in [-0.05, 0) is 54.5 Å². The Kier molecular flexibility index (Phi) is 6.19. The van der Waals surface area contributed by atoms with Gasteiger partial charge in [0.25, 0.3) is 5.91 Å². The summed E-state index contributed by atoms with van der Waals surface area (Å²) < 4.78 is 28.1. The number of amides is 1. The first-order valence-electron chi connectivity index (χ1n) is 10.5. The van der Waals surface area contributed by atoms with Crippen LogP contribution in [-0.4, -0.2) is 31.2 Å². The smallest absolute Gasteiger partial charge is 0.251 e. The Bertz CT molecular complexity index is 1050. The fraction of sp³-hybridized carbons (Fsp3) is 0.435. The summed E-state index contributed by atoms with van der Waals surface area (Å²) in [6.45, 7) is 2.85. The molecule has 160 valence electrons. The molecule has 1 fully saturated rings. The molecule has 5 nitrogen and oxygen atoms in total. The fourth-order valence-corrected chi connectivity index (χ4v) is 6.36. The second-order valence-corrected chi connectivity index (χ2v) is 10.7. The number of carbonyl (C=O) groups is 1. The average molecular weight is 447 g/mol. The summed E-state index contributed by atoms with van der Waals surface area (Å²) in [5, 5.41) is 3.22. The van der Waals surface area contributed by atoms with E-state index >= 15 is 0 Å². The maximum Gasteiger partial charge on any atom is 0.251 e. The molecule has 1 saturated carbocycles. The number of rotatable bonds is 4. The number of hydrogen-bond acceptors (Lipinski definition) is 3. The van der Waals surface area contributed by atoms with E-state index in [1.165, 1.54) is 28.4 Å². The average Bonchev–Trinajstić information content (AvgIpc) is 2.75. The number of carbonyl (C=O) groups excluding carboxylic acids is 1. The molecule has 0 unspecified atom stereocenters. The molecule has 1 aliphatic heterocycles. The van der Waals surface area contributed by atoms with Crippen molar-refractivity contribution < 1.29 is 13.2 Å². The van der Waals surface area contributed by atoms with Gasteiger partial charge >= 0.3 is 0 Å². The van der Waals surface area contributed by atoms with Crippen molar-refractivity contribution in [3.05, 3.63) is 64.2 Å². The highest BCUT2D eigenvalue weighted by Crippen LogP contribution is 2.30. The maximum atomic E-state index is 13.3. The number of fused-ring (bicyclic) bond motifs is 1.